The molecule has 126 valence electrons. The lowest BCUT2D eigenvalue weighted by molar-refractivity contribution is 0.0968. The lowest BCUT2D eigenvalue weighted by Crippen LogP contribution is -2.32. The number of rotatable bonds is 2. The molecule has 0 aromatic carbocycles. The SMILES string of the molecule is CC1(C)CC(c2cnc3[nH]cc(-c4cn[nH]c4)c3c2)CC(C)(C)C1. The molecular weight excluding hydrogens is 296 g/mol. The quantitative estimate of drug-likeness (QED) is 0.675. The number of hydrogen-bond donors (Lipinski definition) is 2. The van der Waals surface area contributed by atoms with Crippen LogP contribution in [0.5, 0.6) is 0 Å². The first-order chi connectivity index (χ1) is 11.3. The molecule has 24 heavy (non-hydrogen) atoms. The van der Waals surface area contributed by atoms with Crippen molar-refractivity contribution in [2.24, 2.45) is 10.8 Å². The molecule has 0 bridgehead atoms. The average Bonchev–Trinajstić information content (AvgIpc) is 3.12. The molecule has 4 rings (SSSR count). The molecule has 3 aromatic heterocycles. The topological polar surface area (TPSA) is 57.4 Å². The van der Waals surface area contributed by atoms with Crippen LogP contribution in [0, 0.1) is 10.8 Å². The molecule has 3 aromatic rings. The Labute approximate surface area is 143 Å². The van der Waals surface area contributed by atoms with Crippen molar-refractivity contribution in [1.82, 2.24) is 20.2 Å². The van der Waals surface area contributed by atoms with Gasteiger partial charge in [0.1, 0.15) is 5.65 Å². The minimum atomic E-state index is 0.382. The van der Waals surface area contributed by atoms with Crippen molar-refractivity contribution in [3.05, 3.63) is 36.4 Å². The Morgan fingerprint density at radius 3 is 2.46 bits per heavy atom. The molecule has 0 spiro atoms. The van der Waals surface area contributed by atoms with Crippen LogP contribution in [0.3, 0.4) is 0 Å². The summed E-state index contributed by atoms with van der Waals surface area (Å²) in [6, 6.07) is 2.34. The van der Waals surface area contributed by atoms with Gasteiger partial charge in [-0.05, 0) is 47.6 Å². The van der Waals surface area contributed by atoms with Crippen molar-refractivity contribution < 1.29 is 0 Å². The lowest BCUT2D eigenvalue weighted by atomic mass is 9.60. The maximum absolute atomic E-state index is 4.70. The molecule has 0 atom stereocenters. The van der Waals surface area contributed by atoms with Crippen LogP contribution in [0.2, 0.25) is 0 Å². The molecule has 2 N–H and O–H groups in total. The van der Waals surface area contributed by atoms with Crippen molar-refractivity contribution in [2.45, 2.75) is 52.9 Å². The minimum Gasteiger partial charge on any atom is -0.346 e. The largest absolute Gasteiger partial charge is 0.346 e. The highest BCUT2D eigenvalue weighted by Gasteiger charge is 2.39. The summed E-state index contributed by atoms with van der Waals surface area (Å²) in [4.78, 5) is 7.98. The van der Waals surface area contributed by atoms with Gasteiger partial charge in [0.15, 0.2) is 0 Å². The van der Waals surface area contributed by atoms with E-state index in [0.717, 1.165) is 11.2 Å². The Bertz CT molecular complexity index is 839. The molecule has 1 saturated carbocycles. The summed E-state index contributed by atoms with van der Waals surface area (Å²) in [5, 5.41) is 8.16. The molecule has 0 radical (unpaired) electrons. The monoisotopic (exact) mass is 322 g/mol. The highest BCUT2D eigenvalue weighted by atomic mass is 15.1. The number of hydrogen-bond acceptors (Lipinski definition) is 2. The van der Waals surface area contributed by atoms with Crippen LogP contribution in [0.15, 0.2) is 30.9 Å². The van der Waals surface area contributed by atoms with E-state index in [9.17, 15) is 0 Å². The van der Waals surface area contributed by atoms with Gasteiger partial charge in [-0.3, -0.25) is 5.10 Å². The van der Waals surface area contributed by atoms with E-state index < -0.39 is 0 Å². The van der Waals surface area contributed by atoms with Gasteiger partial charge in [-0.25, -0.2) is 4.98 Å². The number of aromatic amines is 2. The van der Waals surface area contributed by atoms with Crippen LogP contribution in [0.4, 0.5) is 0 Å². The van der Waals surface area contributed by atoms with Crippen LogP contribution in [0.1, 0.15) is 58.4 Å². The Hall–Kier alpha value is -2.10. The van der Waals surface area contributed by atoms with E-state index in [1.165, 1.54) is 35.8 Å². The summed E-state index contributed by atoms with van der Waals surface area (Å²) in [6.07, 6.45) is 11.6. The molecular formula is C20H26N4. The van der Waals surface area contributed by atoms with Gasteiger partial charge < -0.3 is 4.98 Å². The van der Waals surface area contributed by atoms with Crippen LogP contribution >= 0.6 is 0 Å². The number of aromatic nitrogens is 4. The van der Waals surface area contributed by atoms with Crippen LogP contribution in [-0.4, -0.2) is 20.2 Å². The third-order valence-electron chi connectivity index (χ3n) is 5.39. The van der Waals surface area contributed by atoms with E-state index in [-0.39, 0.29) is 0 Å². The van der Waals surface area contributed by atoms with Crippen LogP contribution in [-0.2, 0) is 0 Å². The van der Waals surface area contributed by atoms with E-state index in [1.807, 2.05) is 18.6 Å². The predicted molar refractivity (Wildman–Crippen MR) is 97.8 cm³/mol. The molecule has 0 aliphatic heterocycles. The van der Waals surface area contributed by atoms with Gasteiger partial charge in [0.25, 0.3) is 0 Å². The maximum atomic E-state index is 4.70. The third-order valence-corrected chi connectivity index (χ3v) is 5.39. The van der Waals surface area contributed by atoms with Gasteiger partial charge in [-0.15, -0.1) is 0 Å². The second-order valence-corrected chi connectivity index (χ2v) is 8.96. The van der Waals surface area contributed by atoms with Crippen molar-refractivity contribution in [2.75, 3.05) is 0 Å². The molecule has 4 heteroatoms. The molecule has 1 aliphatic rings. The van der Waals surface area contributed by atoms with E-state index in [0.29, 0.717) is 16.7 Å². The van der Waals surface area contributed by atoms with E-state index in [4.69, 9.17) is 4.98 Å². The Balaban J connectivity index is 1.76. The standard InChI is InChI=1S/C20H26N4/c1-19(2)6-14(7-20(3,4)12-19)13-5-16-17(15-9-23-24-10-15)11-22-18(16)21-8-13/h5,8-11,14H,6-7,12H2,1-4H3,(H,21,22)(H,23,24). The zero-order valence-corrected chi connectivity index (χ0v) is 15.0. The predicted octanol–water partition coefficient (Wildman–Crippen LogP) is 5.27. The van der Waals surface area contributed by atoms with E-state index in [2.05, 4.69) is 55.1 Å². The van der Waals surface area contributed by atoms with Gasteiger partial charge in [0.05, 0.1) is 6.20 Å². The van der Waals surface area contributed by atoms with Gasteiger partial charge in [0, 0.05) is 35.1 Å². The van der Waals surface area contributed by atoms with Crippen molar-refractivity contribution >= 4 is 11.0 Å². The normalized spacial score (nSPS) is 20.5. The summed E-state index contributed by atoms with van der Waals surface area (Å²) in [5.41, 5.74) is 5.35. The zero-order chi connectivity index (χ0) is 16.9. The summed E-state index contributed by atoms with van der Waals surface area (Å²) < 4.78 is 0. The Kier molecular flexibility index (Phi) is 3.34. The number of nitrogens with one attached hydrogen (secondary N) is 2. The van der Waals surface area contributed by atoms with Crippen LogP contribution < -0.4 is 0 Å². The molecule has 0 amide bonds. The average molecular weight is 322 g/mol. The van der Waals surface area contributed by atoms with Crippen molar-refractivity contribution in [3.63, 3.8) is 0 Å². The first kappa shape index (κ1) is 15.4. The fourth-order valence-electron chi connectivity index (χ4n) is 4.96. The van der Waals surface area contributed by atoms with E-state index >= 15 is 0 Å². The molecule has 0 unspecified atom stereocenters. The minimum absolute atomic E-state index is 0.382. The fraction of sp³-hybridized carbons (Fsp3) is 0.500. The number of fused-ring (bicyclic) bond motifs is 1. The number of nitrogens with zero attached hydrogens (tertiary/aromatic N) is 2. The van der Waals surface area contributed by atoms with Crippen molar-refractivity contribution in [1.29, 1.82) is 0 Å². The summed E-state index contributed by atoms with van der Waals surface area (Å²) in [7, 11) is 0. The summed E-state index contributed by atoms with van der Waals surface area (Å²) in [5.74, 6) is 0.577. The smallest absolute Gasteiger partial charge is 0.137 e. The fourth-order valence-corrected chi connectivity index (χ4v) is 4.96. The van der Waals surface area contributed by atoms with Gasteiger partial charge in [-0.2, -0.15) is 5.10 Å². The Morgan fingerprint density at radius 1 is 1.04 bits per heavy atom. The number of pyridine rings is 1. The van der Waals surface area contributed by atoms with Crippen molar-refractivity contribution in [3.8, 4) is 11.1 Å². The first-order valence-corrected chi connectivity index (χ1v) is 8.79. The second kappa shape index (κ2) is 5.20. The first-order valence-electron chi connectivity index (χ1n) is 8.79. The Morgan fingerprint density at radius 2 is 1.79 bits per heavy atom. The third kappa shape index (κ3) is 2.74. The van der Waals surface area contributed by atoms with Crippen LogP contribution in [0.25, 0.3) is 22.2 Å². The molecule has 3 heterocycles. The molecule has 0 saturated heterocycles. The molecule has 1 fully saturated rings. The van der Waals surface area contributed by atoms with Gasteiger partial charge >= 0.3 is 0 Å². The summed E-state index contributed by atoms with van der Waals surface area (Å²) >= 11 is 0. The lowest BCUT2D eigenvalue weighted by Gasteiger charge is -2.45. The summed E-state index contributed by atoms with van der Waals surface area (Å²) in [6.45, 7) is 9.61. The molecule has 1 aliphatic carbocycles. The zero-order valence-electron chi connectivity index (χ0n) is 15.0. The second-order valence-electron chi connectivity index (χ2n) is 8.96. The van der Waals surface area contributed by atoms with E-state index in [1.54, 1.807) is 0 Å². The van der Waals surface area contributed by atoms with Gasteiger partial charge in [-0.1, -0.05) is 27.7 Å². The van der Waals surface area contributed by atoms with Gasteiger partial charge in [0.2, 0.25) is 0 Å². The molecule has 4 nitrogen and oxygen atoms in total. The maximum Gasteiger partial charge on any atom is 0.137 e. The number of H-pyrrole nitrogens is 2. The highest BCUT2D eigenvalue weighted by Crippen LogP contribution is 2.51. The highest BCUT2D eigenvalue weighted by molar-refractivity contribution is 5.93.